The molecule has 1 aromatic carbocycles. The van der Waals surface area contributed by atoms with Crippen molar-refractivity contribution in [1.29, 1.82) is 0 Å². The molecule has 3 N–H and O–H groups in total. The van der Waals surface area contributed by atoms with Crippen LogP contribution >= 0.6 is 0 Å². The van der Waals surface area contributed by atoms with Gasteiger partial charge in [0.25, 0.3) is 0 Å². The van der Waals surface area contributed by atoms with Gasteiger partial charge in [-0.15, -0.1) is 0 Å². The van der Waals surface area contributed by atoms with Crippen LogP contribution in [0.3, 0.4) is 0 Å². The zero-order chi connectivity index (χ0) is 15.2. The zero-order valence-electron chi connectivity index (χ0n) is 11.3. The highest BCUT2D eigenvalue weighted by Crippen LogP contribution is 2.31. The Kier molecular flexibility index (Phi) is 6.01. The summed E-state index contributed by atoms with van der Waals surface area (Å²) in [6.45, 7) is 2.55. The second-order valence-corrected chi connectivity index (χ2v) is 4.70. The number of rotatable bonds is 6. The van der Waals surface area contributed by atoms with Crippen LogP contribution in [0.5, 0.6) is 0 Å². The molecule has 1 aromatic rings. The fourth-order valence-electron chi connectivity index (χ4n) is 1.84. The fraction of sp³-hybridized carbons (Fsp3) is 0.500. The topological polar surface area (TPSA) is 55.1 Å². The maximum atomic E-state index is 12.6. The Morgan fingerprint density at radius 3 is 2.70 bits per heavy atom. The number of benzene rings is 1. The van der Waals surface area contributed by atoms with Gasteiger partial charge in [-0.3, -0.25) is 4.79 Å². The van der Waals surface area contributed by atoms with Gasteiger partial charge in [0.1, 0.15) is 0 Å². The minimum absolute atomic E-state index is 0.0597. The van der Waals surface area contributed by atoms with Crippen molar-refractivity contribution in [2.24, 2.45) is 5.73 Å². The van der Waals surface area contributed by atoms with E-state index >= 15 is 0 Å². The molecule has 112 valence electrons. The predicted molar refractivity (Wildman–Crippen MR) is 71.2 cm³/mol. The van der Waals surface area contributed by atoms with E-state index in [1.165, 1.54) is 6.07 Å². The van der Waals surface area contributed by atoms with Gasteiger partial charge in [-0.2, -0.15) is 13.2 Å². The van der Waals surface area contributed by atoms with Crippen LogP contribution in [0.2, 0.25) is 0 Å². The number of carbonyl (C=O) groups is 1. The Morgan fingerprint density at radius 1 is 1.40 bits per heavy atom. The summed E-state index contributed by atoms with van der Waals surface area (Å²) in [5, 5.41) is 2.69. The maximum Gasteiger partial charge on any atom is 0.416 e. The molecule has 20 heavy (non-hydrogen) atoms. The lowest BCUT2D eigenvalue weighted by Crippen LogP contribution is -2.27. The van der Waals surface area contributed by atoms with Crippen LogP contribution in [-0.2, 0) is 11.0 Å². The molecule has 1 unspecified atom stereocenters. The molecule has 0 aliphatic rings. The number of carbonyl (C=O) groups excluding carboxylic acids is 1. The number of amides is 1. The van der Waals surface area contributed by atoms with E-state index in [0.717, 1.165) is 12.1 Å². The zero-order valence-corrected chi connectivity index (χ0v) is 11.3. The molecular weight excluding hydrogens is 269 g/mol. The Morgan fingerprint density at radius 2 is 2.10 bits per heavy atom. The van der Waals surface area contributed by atoms with E-state index in [9.17, 15) is 18.0 Å². The van der Waals surface area contributed by atoms with E-state index in [-0.39, 0.29) is 24.8 Å². The van der Waals surface area contributed by atoms with Crippen LogP contribution in [-0.4, -0.2) is 19.0 Å². The molecule has 0 bridgehead atoms. The average Bonchev–Trinajstić information content (AvgIpc) is 2.38. The molecule has 1 amide bonds. The highest BCUT2D eigenvalue weighted by atomic mass is 19.4. The average molecular weight is 288 g/mol. The van der Waals surface area contributed by atoms with E-state index in [1.54, 1.807) is 6.07 Å². The fourth-order valence-corrected chi connectivity index (χ4v) is 1.84. The Labute approximate surface area is 116 Å². The quantitative estimate of drug-likeness (QED) is 0.845. The minimum Gasteiger partial charge on any atom is -0.356 e. The van der Waals surface area contributed by atoms with Gasteiger partial charge in [-0.25, -0.2) is 0 Å². The molecule has 0 spiro atoms. The summed E-state index contributed by atoms with van der Waals surface area (Å²) in [5.41, 5.74) is 5.22. The third-order valence-electron chi connectivity index (χ3n) is 3.05. The summed E-state index contributed by atoms with van der Waals surface area (Å²) < 4.78 is 37.8. The van der Waals surface area contributed by atoms with Gasteiger partial charge in [0.15, 0.2) is 0 Å². The van der Waals surface area contributed by atoms with Crippen LogP contribution < -0.4 is 11.1 Å². The van der Waals surface area contributed by atoms with Gasteiger partial charge in [0.2, 0.25) is 5.91 Å². The summed E-state index contributed by atoms with van der Waals surface area (Å²) in [6.07, 6.45) is -3.49. The van der Waals surface area contributed by atoms with E-state index in [4.69, 9.17) is 5.73 Å². The van der Waals surface area contributed by atoms with Gasteiger partial charge in [0.05, 0.1) is 5.56 Å². The molecule has 0 aliphatic carbocycles. The Balaban J connectivity index is 2.55. The number of nitrogens with two attached hydrogens (primary N) is 1. The van der Waals surface area contributed by atoms with Crippen molar-refractivity contribution in [2.45, 2.75) is 31.9 Å². The van der Waals surface area contributed by atoms with E-state index in [2.05, 4.69) is 5.32 Å². The van der Waals surface area contributed by atoms with Gasteiger partial charge >= 0.3 is 6.18 Å². The first-order valence-electron chi connectivity index (χ1n) is 6.48. The molecule has 0 heterocycles. The highest BCUT2D eigenvalue weighted by molar-refractivity contribution is 5.75. The molecule has 0 saturated heterocycles. The van der Waals surface area contributed by atoms with E-state index < -0.39 is 11.7 Å². The van der Waals surface area contributed by atoms with E-state index in [1.807, 2.05) is 6.92 Å². The first-order valence-corrected chi connectivity index (χ1v) is 6.48. The maximum absolute atomic E-state index is 12.6. The second kappa shape index (κ2) is 7.28. The predicted octanol–water partition coefficient (Wildman–Crippen LogP) is 2.66. The number of halogens is 3. The summed E-state index contributed by atoms with van der Waals surface area (Å²) in [6, 6.07) is 5.29. The van der Waals surface area contributed by atoms with Crippen molar-refractivity contribution >= 4 is 5.91 Å². The van der Waals surface area contributed by atoms with Crippen molar-refractivity contribution in [1.82, 2.24) is 5.32 Å². The number of hydrogen-bond donors (Lipinski definition) is 2. The molecular formula is C14H19F3N2O. The van der Waals surface area contributed by atoms with Crippen molar-refractivity contribution in [3.63, 3.8) is 0 Å². The van der Waals surface area contributed by atoms with Gasteiger partial charge in [-0.05, 0) is 24.0 Å². The number of hydrogen-bond acceptors (Lipinski definition) is 2. The molecule has 0 aliphatic heterocycles. The smallest absolute Gasteiger partial charge is 0.356 e. The Hall–Kier alpha value is -1.56. The Bertz CT molecular complexity index is 446. The largest absolute Gasteiger partial charge is 0.416 e. The van der Waals surface area contributed by atoms with Crippen molar-refractivity contribution < 1.29 is 18.0 Å². The van der Waals surface area contributed by atoms with Crippen molar-refractivity contribution in [3.05, 3.63) is 35.4 Å². The molecule has 0 fully saturated rings. The monoisotopic (exact) mass is 288 g/mol. The van der Waals surface area contributed by atoms with Crippen molar-refractivity contribution in [2.75, 3.05) is 13.1 Å². The lowest BCUT2D eigenvalue weighted by molar-refractivity contribution is -0.137. The standard InChI is InChI=1S/C14H19F3N2O/c1-10(6-8-19-13(20)5-7-18)11-3-2-4-12(9-11)14(15,16)17/h2-4,9-10H,5-8,18H2,1H3,(H,19,20). The minimum atomic E-state index is -4.33. The summed E-state index contributed by atoms with van der Waals surface area (Å²) in [7, 11) is 0. The lowest BCUT2D eigenvalue weighted by atomic mass is 9.96. The number of nitrogens with one attached hydrogen (secondary N) is 1. The lowest BCUT2D eigenvalue weighted by Gasteiger charge is -2.15. The van der Waals surface area contributed by atoms with Gasteiger partial charge < -0.3 is 11.1 Å². The molecule has 0 aromatic heterocycles. The SMILES string of the molecule is CC(CCNC(=O)CCN)c1cccc(C(F)(F)F)c1. The first-order chi connectivity index (χ1) is 9.34. The highest BCUT2D eigenvalue weighted by Gasteiger charge is 2.30. The second-order valence-electron chi connectivity index (χ2n) is 4.70. The summed E-state index contributed by atoms with van der Waals surface area (Å²) in [4.78, 5) is 11.2. The van der Waals surface area contributed by atoms with Crippen LogP contribution in [0.1, 0.15) is 36.8 Å². The first kappa shape index (κ1) is 16.5. The van der Waals surface area contributed by atoms with E-state index in [0.29, 0.717) is 18.5 Å². The van der Waals surface area contributed by atoms with Crippen LogP contribution in [0.25, 0.3) is 0 Å². The summed E-state index contributed by atoms with van der Waals surface area (Å²) >= 11 is 0. The van der Waals surface area contributed by atoms with Gasteiger partial charge in [-0.1, -0.05) is 25.1 Å². The van der Waals surface area contributed by atoms with Crippen molar-refractivity contribution in [3.8, 4) is 0 Å². The molecule has 0 radical (unpaired) electrons. The third kappa shape index (κ3) is 5.21. The molecule has 0 saturated carbocycles. The van der Waals surface area contributed by atoms with Crippen LogP contribution in [0, 0.1) is 0 Å². The summed E-state index contributed by atoms with van der Waals surface area (Å²) in [5.74, 6) is -0.195. The van der Waals surface area contributed by atoms with Gasteiger partial charge in [0, 0.05) is 19.5 Å². The number of alkyl halides is 3. The van der Waals surface area contributed by atoms with Crippen LogP contribution in [0.4, 0.5) is 13.2 Å². The van der Waals surface area contributed by atoms with Crippen LogP contribution in [0.15, 0.2) is 24.3 Å². The third-order valence-corrected chi connectivity index (χ3v) is 3.05. The normalized spacial score (nSPS) is 13.1. The molecule has 1 rings (SSSR count). The molecule has 1 atom stereocenters. The molecule has 3 nitrogen and oxygen atoms in total. The molecule has 6 heteroatoms.